The molecule has 0 rings (SSSR count). The number of carbonyl (C=O) groups excluding carboxylic acids is 1. The van der Waals surface area contributed by atoms with Crippen molar-refractivity contribution in [1.82, 2.24) is 0 Å². The van der Waals surface area contributed by atoms with Gasteiger partial charge in [0.15, 0.2) is 5.78 Å². The Bertz CT molecular complexity index is 67.9. The molecule has 0 bridgehead atoms. The van der Waals surface area contributed by atoms with Crippen molar-refractivity contribution >= 4 is 17.4 Å². The molecule has 1 radical (unpaired) electrons. The molecule has 0 fully saturated rings. The van der Waals surface area contributed by atoms with Gasteiger partial charge in [-0.25, -0.2) is 0 Å². The summed E-state index contributed by atoms with van der Waals surface area (Å²) < 4.78 is 0. The van der Waals surface area contributed by atoms with E-state index >= 15 is 0 Å². The predicted molar refractivity (Wildman–Crippen MR) is 24.6 cm³/mol. The van der Waals surface area contributed by atoms with Crippen LogP contribution in [0.5, 0.6) is 0 Å². The molecule has 0 N–H and O–H groups in total. The van der Waals surface area contributed by atoms with Crippen LogP contribution >= 0.6 is 11.6 Å². The number of Topliss-reactive ketones (excluding diaryl/α,β-unsaturated/α-hetero) is 1. The summed E-state index contributed by atoms with van der Waals surface area (Å²) in [6.07, 6.45) is 2.09. The summed E-state index contributed by atoms with van der Waals surface area (Å²) in [5, 5.41) is 0. The lowest BCUT2D eigenvalue weighted by atomic mass is 10.5. The van der Waals surface area contributed by atoms with E-state index < -0.39 is 0 Å². The Kier molecular flexibility index (Phi) is 2.77. The van der Waals surface area contributed by atoms with E-state index in [9.17, 15) is 4.79 Å². The van der Waals surface area contributed by atoms with Gasteiger partial charge in [0.2, 0.25) is 0 Å². The molecule has 0 amide bonds. The smallest absolute Gasteiger partial charge is 0.177 e. The Morgan fingerprint density at radius 2 is 2.50 bits per heavy atom. The molecule has 0 spiro atoms. The van der Waals surface area contributed by atoms with Crippen LogP contribution in [-0.4, -0.2) is 11.7 Å². The fourth-order valence-corrected chi connectivity index (χ4v) is 0.142. The van der Waals surface area contributed by atoms with Crippen molar-refractivity contribution in [2.24, 2.45) is 0 Å². The molecular formula is C4H4ClO. The highest BCUT2D eigenvalue weighted by molar-refractivity contribution is 6.28. The number of hydrogen-bond donors (Lipinski definition) is 0. The highest BCUT2D eigenvalue weighted by Gasteiger charge is 1.85. The lowest BCUT2D eigenvalue weighted by molar-refractivity contribution is -0.112. The monoisotopic (exact) mass is 103 g/mol. The number of allylic oxidation sites excluding steroid dienone is 1. The zero-order valence-corrected chi connectivity index (χ0v) is 3.96. The van der Waals surface area contributed by atoms with E-state index in [1.165, 1.54) is 0 Å². The van der Waals surface area contributed by atoms with Crippen LogP contribution in [0.25, 0.3) is 0 Å². The van der Waals surface area contributed by atoms with Gasteiger partial charge in [-0.2, -0.15) is 0 Å². The van der Waals surface area contributed by atoms with Crippen molar-refractivity contribution in [3.05, 3.63) is 12.7 Å². The van der Waals surface area contributed by atoms with Gasteiger partial charge in [0, 0.05) is 6.08 Å². The maximum atomic E-state index is 9.88. The van der Waals surface area contributed by atoms with Gasteiger partial charge < -0.3 is 0 Å². The molecule has 0 unspecified atom stereocenters. The Balaban J connectivity index is 3.23. The predicted octanol–water partition coefficient (Wildman–Crippen LogP) is 0.783. The van der Waals surface area contributed by atoms with Crippen LogP contribution in [0.3, 0.4) is 0 Å². The molecule has 0 aromatic heterocycles. The van der Waals surface area contributed by atoms with Crippen molar-refractivity contribution in [3.8, 4) is 0 Å². The summed E-state index contributed by atoms with van der Waals surface area (Å²) in [4.78, 5) is 9.88. The molecule has 0 saturated heterocycles. The Morgan fingerprint density at radius 3 is 2.50 bits per heavy atom. The molecule has 0 heterocycles. The topological polar surface area (TPSA) is 17.1 Å². The normalized spacial score (nSPS) is 7.50. The van der Waals surface area contributed by atoms with Gasteiger partial charge in [0.05, 0.1) is 5.88 Å². The zero-order chi connectivity index (χ0) is 4.99. The van der Waals surface area contributed by atoms with Gasteiger partial charge in [0.25, 0.3) is 0 Å². The maximum absolute atomic E-state index is 9.88. The third-order valence-electron chi connectivity index (χ3n) is 0.319. The molecular weight excluding hydrogens is 99.5 g/mol. The Labute approximate surface area is 41.6 Å². The van der Waals surface area contributed by atoms with Crippen LogP contribution < -0.4 is 0 Å². The molecule has 6 heavy (non-hydrogen) atoms. The fraction of sp³-hybridized carbons (Fsp3) is 0.250. The summed E-state index contributed by atoms with van der Waals surface area (Å²) in [7, 11) is 0. The molecule has 1 nitrogen and oxygen atoms in total. The largest absolute Gasteiger partial charge is 0.293 e. The van der Waals surface area contributed by atoms with Crippen LogP contribution in [0.2, 0.25) is 0 Å². The third-order valence-corrected chi connectivity index (χ3v) is 0.561. The number of ketones is 1. The minimum absolute atomic E-state index is 0.0104. The maximum Gasteiger partial charge on any atom is 0.177 e. The van der Waals surface area contributed by atoms with Gasteiger partial charge in [-0.3, -0.25) is 4.79 Å². The van der Waals surface area contributed by atoms with Crippen molar-refractivity contribution in [2.75, 3.05) is 5.88 Å². The zero-order valence-electron chi connectivity index (χ0n) is 3.20. The second-order valence-electron chi connectivity index (χ2n) is 0.734. The van der Waals surface area contributed by atoms with Crippen LogP contribution in [0, 0.1) is 6.08 Å². The number of alkyl halides is 1. The van der Waals surface area contributed by atoms with Crippen molar-refractivity contribution in [2.45, 2.75) is 0 Å². The quantitative estimate of drug-likeness (QED) is 0.373. The molecule has 0 aromatic carbocycles. The van der Waals surface area contributed by atoms with Crippen LogP contribution in [0.4, 0.5) is 0 Å². The summed E-state index contributed by atoms with van der Waals surface area (Å²) >= 11 is 5.00. The second kappa shape index (κ2) is 2.91. The highest BCUT2D eigenvalue weighted by Crippen LogP contribution is 1.74. The van der Waals surface area contributed by atoms with E-state index in [2.05, 4.69) is 12.7 Å². The van der Waals surface area contributed by atoms with Crippen molar-refractivity contribution in [1.29, 1.82) is 0 Å². The van der Waals surface area contributed by atoms with Gasteiger partial charge in [-0.05, 0) is 0 Å². The first kappa shape index (κ1) is 5.70. The lowest BCUT2D eigenvalue weighted by Gasteiger charge is -1.72. The number of carbonyl (C=O) groups is 1. The van der Waals surface area contributed by atoms with E-state index in [0.29, 0.717) is 0 Å². The molecule has 0 aromatic rings. The van der Waals surface area contributed by atoms with Gasteiger partial charge >= 0.3 is 0 Å². The van der Waals surface area contributed by atoms with Crippen LogP contribution in [0.1, 0.15) is 0 Å². The lowest BCUT2D eigenvalue weighted by Crippen LogP contribution is -1.90. The first-order valence-electron chi connectivity index (χ1n) is 1.43. The fourth-order valence-electron chi connectivity index (χ4n) is 0.0472. The van der Waals surface area contributed by atoms with E-state index in [0.717, 1.165) is 0 Å². The minimum Gasteiger partial charge on any atom is -0.293 e. The molecule has 0 aliphatic heterocycles. The number of halogens is 1. The number of hydrogen-bond acceptors (Lipinski definition) is 1. The molecule has 0 aliphatic rings. The second-order valence-corrected chi connectivity index (χ2v) is 1.00. The van der Waals surface area contributed by atoms with E-state index in [-0.39, 0.29) is 11.7 Å². The van der Waals surface area contributed by atoms with E-state index in [1.54, 1.807) is 0 Å². The van der Waals surface area contributed by atoms with Crippen molar-refractivity contribution in [3.63, 3.8) is 0 Å². The standard InChI is InChI=1S/C4H4ClO/c1-2-4(6)3-5/h1,3H2. The molecule has 0 aliphatic carbocycles. The molecule has 2 heteroatoms. The first-order chi connectivity index (χ1) is 2.81. The van der Waals surface area contributed by atoms with Crippen LogP contribution in [0.15, 0.2) is 6.58 Å². The third kappa shape index (κ3) is 1.97. The molecule has 0 saturated carbocycles. The summed E-state index contributed by atoms with van der Waals surface area (Å²) in [5.74, 6) is -0.264. The van der Waals surface area contributed by atoms with Gasteiger partial charge in [-0.15, -0.1) is 11.6 Å². The average Bonchev–Trinajstić information content (AvgIpc) is 1.65. The van der Waals surface area contributed by atoms with E-state index in [1.807, 2.05) is 0 Å². The van der Waals surface area contributed by atoms with Gasteiger partial charge in [0.1, 0.15) is 0 Å². The first-order valence-corrected chi connectivity index (χ1v) is 1.96. The summed E-state index contributed by atoms with van der Waals surface area (Å²) in [5.41, 5.74) is 0. The van der Waals surface area contributed by atoms with Crippen LogP contribution in [-0.2, 0) is 4.79 Å². The number of rotatable bonds is 2. The summed E-state index contributed by atoms with van der Waals surface area (Å²) in [6, 6.07) is 0. The van der Waals surface area contributed by atoms with E-state index in [4.69, 9.17) is 11.6 Å². The van der Waals surface area contributed by atoms with Gasteiger partial charge in [-0.1, -0.05) is 6.58 Å². The summed E-state index contributed by atoms with van der Waals surface area (Å²) in [6.45, 7) is 3.07. The Hall–Kier alpha value is -0.300. The van der Waals surface area contributed by atoms with Crippen molar-refractivity contribution < 1.29 is 4.79 Å². The minimum atomic E-state index is -0.253. The Morgan fingerprint density at radius 1 is 2.00 bits per heavy atom. The average molecular weight is 104 g/mol. The SMILES string of the molecule is C=[C]C(=O)CCl. The molecule has 33 valence electrons. The highest BCUT2D eigenvalue weighted by atomic mass is 35.5. The molecule has 0 atom stereocenters.